The maximum Gasteiger partial charge on any atom is 0.146 e. The van der Waals surface area contributed by atoms with Crippen LogP contribution in [-0.4, -0.2) is 10.1 Å². The highest BCUT2D eigenvalue weighted by atomic mass is 16.4. The third-order valence-electron chi connectivity index (χ3n) is 4.02. The molecule has 0 amide bonds. The van der Waals surface area contributed by atoms with Crippen LogP contribution in [0.5, 0.6) is 0 Å². The number of aromatic nitrogens is 1. The Balaban J connectivity index is 2.14. The lowest BCUT2D eigenvalue weighted by Crippen LogP contribution is -2.13. The van der Waals surface area contributed by atoms with E-state index in [4.69, 9.17) is 9.40 Å². The second-order valence-corrected chi connectivity index (χ2v) is 6.26. The van der Waals surface area contributed by atoms with E-state index in [0.717, 1.165) is 33.1 Å². The minimum absolute atomic E-state index is 0.544. The van der Waals surface area contributed by atoms with E-state index < -0.39 is 5.60 Å². The normalized spacial score (nSPS) is 12.1. The van der Waals surface area contributed by atoms with Gasteiger partial charge in [-0.3, -0.25) is 0 Å². The van der Waals surface area contributed by atoms with Crippen molar-refractivity contribution in [3.8, 4) is 11.3 Å². The van der Waals surface area contributed by atoms with Gasteiger partial charge in [0, 0.05) is 16.3 Å². The van der Waals surface area contributed by atoms with Gasteiger partial charge in [-0.05, 0) is 32.0 Å². The van der Waals surface area contributed by atoms with Crippen molar-refractivity contribution in [1.82, 2.24) is 4.98 Å². The Hall–Kier alpha value is -2.65. The predicted molar refractivity (Wildman–Crippen MR) is 92.2 cm³/mol. The molecule has 0 bridgehead atoms. The summed E-state index contributed by atoms with van der Waals surface area (Å²) >= 11 is 0. The van der Waals surface area contributed by atoms with E-state index >= 15 is 0 Å². The highest BCUT2D eigenvalue weighted by Gasteiger charge is 2.23. The minimum Gasteiger partial charge on any atom is -0.457 e. The molecule has 4 rings (SSSR count). The number of aliphatic hydroxyl groups is 1. The first-order valence-corrected chi connectivity index (χ1v) is 7.64. The lowest BCUT2D eigenvalue weighted by molar-refractivity contribution is 0.0560. The maximum absolute atomic E-state index is 10.3. The van der Waals surface area contributed by atoms with Crippen molar-refractivity contribution in [2.24, 2.45) is 0 Å². The summed E-state index contributed by atoms with van der Waals surface area (Å²) in [4.78, 5) is 4.83. The third kappa shape index (κ3) is 2.30. The molecule has 23 heavy (non-hydrogen) atoms. The van der Waals surface area contributed by atoms with Crippen LogP contribution in [0.3, 0.4) is 0 Å². The van der Waals surface area contributed by atoms with Crippen molar-refractivity contribution >= 4 is 21.9 Å². The number of fused-ring (bicyclic) bond motifs is 3. The summed E-state index contributed by atoms with van der Waals surface area (Å²) in [5, 5.41) is 12.2. The number of furan rings is 1. The topological polar surface area (TPSA) is 46.3 Å². The van der Waals surface area contributed by atoms with E-state index in [0.29, 0.717) is 5.76 Å². The molecule has 3 nitrogen and oxygen atoms in total. The van der Waals surface area contributed by atoms with Crippen LogP contribution < -0.4 is 0 Å². The van der Waals surface area contributed by atoms with Crippen molar-refractivity contribution in [3.63, 3.8) is 0 Å². The molecule has 4 aromatic rings. The first-order valence-electron chi connectivity index (χ1n) is 7.64. The molecule has 0 aliphatic rings. The molecule has 0 aliphatic heterocycles. The third-order valence-corrected chi connectivity index (χ3v) is 4.02. The van der Waals surface area contributed by atoms with E-state index in [1.165, 1.54) is 0 Å². The van der Waals surface area contributed by atoms with Crippen LogP contribution in [0.1, 0.15) is 19.6 Å². The summed E-state index contributed by atoms with van der Waals surface area (Å²) in [6, 6.07) is 19.9. The van der Waals surface area contributed by atoms with E-state index in [1.54, 1.807) is 13.8 Å². The van der Waals surface area contributed by atoms with Gasteiger partial charge in [0.25, 0.3) is 0 Å². The fraction of sp³-hybridized carbons (Fsp3) is 0.150. The molecule has 2 heterocycles. The van der Waals surface area contributed by atoms with Gasteiger partial charge in [0.05, 0.1) is 11.2 Å². The summed E-state index contributed by atoms with van der Waals surface area (Å²) < 4.78 is 6.02. The standard InChI is InChI=1S/C20H17NO2/c1-20(2,22)17-12-15-18(13-8-4-3-5-9-13)21-16-11-7-6-10-14(16)19(15)23-17/h3-12,22H,1-2H3. The van der Waals surface area contributed by atoms with Gasteiger partial charge in [-0.25, -0.2) is 4.98 Å². The maximum atomic E-state index is 10.3. The van der Waals surface area contributed by atoms with Crippen molar-refractivity contribution < 1.29 is 9.52 Å². The first-order chi connectivity index (χ1) is 11.0. The Morgan fingerprint density at radius 2 is 1.61 bits per heavy atom. The van der Waals surface area contributed by atoms with Crippen molar-refractivity contribution in [2.45, 2.75) is 19.4 Å². The van der Waals surface area contributed by atoms with E-state index in [9.17, 15) is 5.11 Å². The Kier molecular flexibility index (Phi) is 3.00. The van der Waals surface area contributed by atoms with Gasteiger partial charge in [-0.1, -0.05) is 42.5 Å². The fourth-order valence-electron chi connectivity index (χ4n) is 2.83. The van der Waals surface area contributed by atoms with Gasteiger partial charge in [0.15, 0.2) is 0 Å². The number of rotatable bonds is 2. The fourth-order valence-corrected chi connectivity index (χ4v) is 2.83. The Morgan fingerprint density at radius 1 is 0.913 bits per heavy atom. The zero-order valence-electron chi connectivity index (χ0n) is 13.1. The molecule has 0 aliphatic carbocycles. The number of para-hydroxylation sites is 1. The van der Waals surface area contributed by atoms with Gasteiger partial charge in [0.1, 0.15) is 16.9 Å². The molecule has 2 aromatic carbocycles. The van der Waals surface area contributed by atoms with Crippen LogP contribution in [0.15, 0.2) is 65.1 Å². The van der Waals surface area contributed by atoms with Crippen molar-refractivity contribution in [1.29, 1.82) is 0 Å². The zero-order valence-corrected chi connectivity index (χ0v) is 13.1. The summed E-state index contributed by atoms with van der Waals surface area (Å²) in [6.45, 7) is 3.45. The van der Waals surface area contributed by atoms with Crippen molar-refractivity contribution in [3.05, 3.63) is 66.4 Å². The molecule has 3 heteroatoms. The average molecular weight is 303 g/mol. The van der Waals surface area contributed by atoms with Crippen molar-refractivity contribution in [2.75, 3.05) is 0 Å². The molecule has 0 atom stereocenters. The summed E-state index contributed by atoms with van der Waals surface area (Å²) in [5.41, 5.74) is 2.53. The average Bonchev–Trinajstić information content (AvgIpc) is 3.01. The van der Waals surface area contributed by atoms with Crippen LogP contribution in [0.4, 0.5) is 0 Å². The molecule has 0 saturated heterocycles. The molecule has 1 N–H and O–H groups in total. The number of hydrogen-bond donors (Lipinski definition) is 1. The molecule has 0 saturated carbocycles. The monoisotopic (exact) mass is 303 g/mol. The van der Waals surface area contributed by atoms with Crippen LogP contribution >= 0.6 is 0 Å². The van der Waals surface area contributed by atoms with E-state index in [1.807, 2.05) is 60.7 Å². The number of nitrogens with zero attached hydrogens (tertiary/aromatic N) is 1. The second-order valence-electron chi connectivity index (χ2n) is 6.26. The highest BCUT2D eigenvalue weighted by molar-refractivity contribution is 6.08. The summed E-state index contributed by atoms with van der Waals surface area (Å²) in [7, 11) is 0. The second kappa shape index (κ2) is 4.93. The quantitative estimate of drug-likeness (QED) is 0.574. The van der Waals surface area contributed by atoms with E-state index in [-0.39, 0.29) is 0 Å². The summed E-state index contributed by atoms with van der Waals surface area (Å²) in [6.07, 6.45) is 0. The lowest BCUT2D eigenvalue weighted by Gasteiger charge is -2.12. The summed E-state index contributed by atoms with van der Waals surface area (Å²) in [5.74, 6) is 0.544. The van der Waals surface area contributed by atoms with Gasteiger partial charge < -0.3 is 9.52 Å². The number of pyridine rings is 1. The molecule has 0 fully saturated rings. The molecular formula is C20H17NO2. The van der Waals surface area contributed by atoms with Gasteiger partial charge in [-0.2, -0.15) is 0 Å². The Labute approximate surface area is 134 Å². The zero-order chi connectivity index (χ0) is 16.0. The largest absolute Gasteiger partial charge is 0.457 e. The van der Waals surface area contributed by atoms with Crippen LogP contribution in [0.2, 0.25) is 0 Å². The molecule has 2 aromatic heterocycles. The Morgan fingerprint density at radius 3 is 2.35 bits per heavy atom. The Bertz CT molecular complexity index is 995. The predicted octanol–water partition coefficient (Wildman–Crippen LogP) is 4.88. The van der Waals surface area contributed by atoms with Crippen LogP contribution in [0, 0.1) is 0 Å². The first kappa shape index (κ1) is 14.0. The number of hydrogen-bond acceptors (Lipinski definition) is 3. The van der Waals surface area contributed by atoms with Gasteiger partial charge in [0.2, 0.25) is 0 Å². The van der Waals surface area contributed by atoms with Crippen LogP contribution in [-0.2, 0) is 5.60 Å². The molecule has 114 valence electrons. The SMILES string of the molecule is CC(C)(O)c1cc2c(-c3ccccc3)nc3ccccc3c2o1. The lowest BCUT2D eigenvalue weighted by atomic mass is 10.0. The van der Waals surface area contributed by atoms with Gasteiger partial charge in [-0.15, -0.1) is 0 Å². The number of benzene rings is 2. The van der Waals surface area contributed by atoms with Crippen LogP contribution in [0.25, 0.3) is 33.1 Å². The highest BCUT2D eigenvalue weighted by Crippen LogP contribution is 2.37. The van der Waals surface area contributed by atoms with Gasteiger partial charge >= 0.3 is 0 Å². The molecule has 0 unspecified atom stereocenters. The van der Waals surface area contributed by atoms with E-state index in [2.05, 4.69) is 0 Å². The minimum atomic E-state index is -1.03. The smallest absolute Gasteiger partial charge is 0.146 e. The molecule has 0 radical (unpaired) electrons. The molecule has 0 spiro atoms. The molecular weight excluding hydrogens is 286 g/mol.